The summed E-state index contributed by atoms with van der Waals surface area (Å²) in [5.74, 6) is 0. The fourth-order valence-corrected chi connectivity index (χ4v) is 3.33. The van der Waals surface area contributed by atoms with Gasteiger partial charge in [0.2, 0.25) is 0 Å². The second-order valence-corrected chi connectivity index (χ2v) is 6.27. The van der Waals surface area contributed by atoms with Crippen LogP contribution in [-0.4, -0.2) is 17.6 Å². The summed E-state index contributed by atoms with van der Waals surface area (Å²) in [5, 5.41) is 1.11. The molecule has 18 heavy (non-hydrogen) atoms. The lowest BCUT2D eigenvalue weighted by Gasteiger charge is -2.25. The molecule has 2 aromatic rings. The van der Waals surface area contributed by atoms with Gasteiger partial charge in [0.05, 0.1) is 26.6 Å². The monoisotopic (exact) mass is 261 g/mol. The van der Waals surface area contributed by atoms with E-state index in [-0.39, 0.29) is 0 Å². The molecule has 1 aromatic heterocycles. The van der Waals surface area contributed by atoms with E-state index in [1.807, 2.05) is 6.92 Å². The number of nitrogens with two attached hydrogens (primary N) is 1. The van der Waals surface area contributed by atoms with Crippen molar-refractivity contribution in [2.24, 2.45) is 0 Å². The van der Waals surface area contributed by atoms with Crippen LogP contribution in [0.2, 0.25) is 0 Å². The van der Waals surface area contributed by atoms with Gasteiger partial charge in [-0.3, -0.25) is 0 Å². The summed E-state index contributed by atoms with van der Waals surface area (Å²) in [6.45, 7) is 5.35. The minimum Gasteiger partial charge on any atom is -0.397 e. The van der Waals surface area contributed by atoms with Crippen LogP contribution in [-0.2, 0) is 0 Å². The van der Waals surface area contributed by atoms with Crippen LogP contribution in [0.1, 0.15) is 31.2 Å². The number of hydrogen-bond acceptors (Lipinski definition) is 4. The smallest absolute Gasteiger partial charge is 0.0907 e. The van der Waals surface area contributed by atoms with Crippen molar-refractivity contribution in [3.8, 4) is 0 Å². The van der Waals surface area contributed by atoms with Crippen LogP contribution in [0.5, 0.6) is 0 Å². The van der Waals surface area contributed by atoms with Crippen LogP contribution >= 0.6 is 11.3 Å². The molecule has 1 saturated carbocycles. The zero-order valence-corrected chi connectivity index (χ0v) is 11.8. The zero-order valence-electron chi connectivity index (χ0n) is 10.9. The minimum atomic E-state index is 0.699. The molecule has 1 heterocycles. The highest BCUT2D eigenvalue weighted by atomic mass is 32.1. The molecule has 0 bridgehead atoms. The van der Waals surface area contributed by atoms with Crippen molar-refractivity contribution < 1.29 is 0 Å². The van der Waals surface area contributed by atoms with Gasteiger partial charge in [-0.2, -0.15) is 0 Å². The van der Waals surface area contributed by atoms with Crippen molar-refractivity contribution in [3.63, 3.8) is 0 Å². The van der Waals surface area contributed by atoms with Crippen LogP contribution in [0.15, 0.2) is 12.1 Å². The Morgan fingerprint density at radius 1 is 1.44 bits per heavy atom. The normalized spacial score (nSPS) is 15.2. The first kappa shape index (κ1) is 11.8. The molecule has 0 spiro atoms. The molecule has 1 aromatic carbocycles. The van der Waals surface area contributed by atoms with E-state index >= 15 is 0 Å². The molecule has 1 aliphatic rings. The van der Waals surface area contributed by atoms with E-state index in [1.54, 1.807) is 11.3 Å². The van der Waals surface area contributed by atoms with Crippen LogP contribution in [0.3, 0.4) is 0 Å². The third-order valence-electron chi connectivity index (χ3n) is 3.41. The standard InChI is InChI=1S/C14H19N3S/c1-3-6-17(10-4-5-10)13-8-12-14(7-11(13)15)18-9(2)16-12/h7-8,10H,3-6,15H2,1-2H3. The molecule has 3 rings (SSSR count). The Kier molecular flexibility index (Phi) is 2.90. The van der Waals surface area contributed by atoms with Crippen molar-refractivity contribution >= 4 is 32.9 Å². The van der Waals surface area contributed by atoms with Gasteiger partial charge >= 0.3 is 0 Å². The fraction of sp³-hybridized carbons (Fsp3) is 0.500. The number of hydrogen-bond donors (Lipinski definition) is 1. The van der Waals surface area contributed by atoms with E-state index in [0.29, 0.717) is 6.04 Å². The van der Waals surface area contributed by atoms with Gasteiger partial charge in [-0.25, -0.2) is 4.98 Å². The Morgan fingerprint density at radius 3 is 2.89 bits per heavy atom. The number of nitrogen functional groups attached to an aromatic ring is 1. The van der Waals surface area contributed by atoms with Crippen LogP contribution in [0.25, 0.3) is 10.2 Å². The molecule has 96 valence electrons. The maximum absolute atomic E-state index is 6.23. The van der Waals surface area contributed by atoms with E-state index in [1.165, 1.54) is 23.2 Å². The predicted octanol–water partition coefficient (Wildman–Crippen LogP) is 3.57. The molecule has 0 saturated heterocycles. The number of benzene rings is 1. The molecule has 0 atom stereocenters. The van der Waals surface area contributed by atoms with Crippen molar-refractivity contribution in [1.29, 1.82) is 0 Å². The molecule has 0 unspecified atom stereocenters. The summed E-state index contributed by atoms with van der Waals surface area (Å²) in [4.78, 5) is 7.04. The predicted molar refractivity (Wildman–Crippen MR) is 79.4 cm³/mol. The lowest BCUT2D eigenvalue weighted by atomic mass is 10.2. The van der Waals surface area contributed by atoms with Gasteiger partial charge in [0.15, 0.2) is 0 Å². The number of anilines is 2. The molecule has 2 N–H and O–H groups in total. The fourth-order valence-electron chi connectivity index (χ4n) is 2.47. The first-order valence-electron chi connectivity index (χ1n) is 6.62. The number of fused-ring (bicyclic) bond motifs is 1. The molecule has 1 fully saturated rings. The summed E-state index contributed by atoms with van der Waals surface area (Å²) < 4.78 is 1.20. The second kappa shape index (κ2) is 4.43. The van der Waals surface area contributed by atoms with E-state index in [0.717, 1.165) is 29.2 Å². The summed E-state index contributed by atoms with van der Waals surface area (Å²) in [7, 11) is 0. The van der Waals surface area contributed by atoms with E-state index in [2.05, 4.69) is 28.9 Å². The SMILES string of the molecule is CCCN(c1cc2nc(C)sc2cc1N)C1CC1. The van der Waals surface area contributed by atoms with Gasteiger partial charge in [0.1, 0.15) is 0 Å². The van der Waals surface area contributed by atoms with Crippen LogP contribution in [0, 0.1) is 6.92 Å². The Hall–Kier alpha value is -1.29. The lowest BCUT2D eigenvalue weighted by Crippen LogP contribution is -2.27. The van der Waals surface area contributed by atoms with Gasteiger partial charge < -0.3 is 10.6 Å². The molecule has 1 aliphatic carbocycles. The van der Waals surface area contributed by atoms with E-state index in [9.17, 15) is 0 Å². The number of thiazole rings is 1. The average molecular weight is 261 g/mol. The van der Waals surface area contributed by atoms with Gasteiger partial charge in [0, 0.05) is 12.6 Å². The van der Waals surface area contributed by atoms with Crippen molar-refractivity contribution in [3.05, 3.63) is 17.1 Å². The average Bonchev–Trinajstić information content (AvgIpc) is 3.08. The Morgan fingerprint density at radius 2 is 2.22 bits per heavy atom. The third kappa shape index (κ3) is 2.05. The minimum absolute atomic E-state index is 0.699. The topological polar surface area (TPSA) is 42.2 Å². The third-order valence-corrected chi connectivity index (χ3v) is 4.34. The highest BCUT2D eigenvalue weighted by molar-refractivity contribution is 7.18. The number of aryl methyl sites for hydroxylation is 1. The Balaban J connectivity index is 2.05. The number of rotatable bonds is 4. The van der Waals surface area contributed by atoms with Gasteiger partial charge in [-0.1, -0.05) is 6.92 Å². The number of nitrogens with zero attached hydrogens (tertiary/aromatic N) is 2. The number of aromatic nitrogens is 1. The maximum atomic E-state index is 6.23. The summed E-state index contributed by atoms with van der Waals surface area (Å²) in [5.41, 5.74) is 9.39. The summed E-state index contributed by atoms with van der Waals surface area (Å²) in [6.07, 6.45) is 3.76. The Labute approximate surface area is 112 Å². The van der Waals surface area contributed by atoms with Crippen molar-refractivity contribution in [2.45, 2.75) is 39.2 Å². The zero-order chi connectivity index (χ0) is 12.7. The molecular formula is C14H19N3S. The van der Waals surface area contributed by atoms with Gasteiger partial charge in [-0.05, 0) is 38.3 Å². The molecule has 0 amide bonds. The highest BCUT2D eigenvalue weighted by Gasteiger charge is 2.29. The first-order chi connectivity index (χ1) is 8.69. The maximum Gasteiger partial charge on any atom is 0.0907 e. The van der Waals surface area contributed by atoms with Gasteiger partial charge in [-0.15, -0.1) is 11.3 Å². The first-order valence-corrected chi connectivity index (χ1v) is 7.44. The molecular weight excluding hydrogens is 242 g/mol. The van der Waals surface area contributed by atoms with Crippen molar-refractivity contribution in [1.82, 2.24) is 4.98 Å². The van der Waals surface area contributed by atoms with Crippen LogP contribution in [0.4, 0.5) is 11.4 Å². The summed E-state index contributed by atoms with van der Waals surface area (Å²) >= 11 is 1.71. The second-order valence-electron chi connectivity index (χ2n) is 5.04. The molecule has 3 nitrogen and oxygen atoms in total. The quantitative estimate of drug-likeness (QED) is 0.856. The van der Waals surface area contributed by atoms with E-state index in [4.69, 9.17) is 5.73 Å². The van der Waals surface area contributed by atoms with E-state index < -0.39 is 0 Å². The highest BCUT2D eigenvalue weighted by Crippen LogP contribution is 2.38. The van der Waals surface area contributed by atoms with Gasteiger partial charge in [0.25, 0.3) is 0 Å². The summed E-state index contributed by atoms with van der Waals surface area (Å²) in [6, 6.07) is 4.95. The van der Waals surface area contributed by atoms with Crippen LogP contribution < -0.4 is 10.6 Å². The largest absolute Gasteiger partial charge is 0.397 e. The molecule has 0 radical (unpaired) electrons. The molecule has 0 aliphatic heterocycles. The van der Waals surface area contributed by atoms with Crippen molar-refractivity contribution in [2.75, 3.05) is 17.2 Å². The molecule has 4 heteroatoms. The Bertz CT molecular complexity index is 572. The lowest BCUT2D eigenvalue weighted by molar-refractivity contribution is 0.764.